The number of rotatable bonds is 5. The summed E-state index contributed by atoms with van der Waals surface area (Å²) in [5, 5.41) is 3.49. The third kappa shape index (κ3) is 2.64. The van der Waals surface area contributed by atoms with E-state index in [1.807, 2.05) is 59.5 Å². The van der Waals surface area contributed by atoms with E-state index in [9.17, 15) is 4.79 Å². The molecule has 0 saturated heterocycles. The molecule has 3 heteroatoms. The molecule has 1 aliphatic heterocycles. The first kappa shape index (κ1) is 13.7. The predicted molar refractivity (Wildman–Crippen MR) is 85.2 cm³/mol. The molecule has 1 heterocycles. The molecule has 108 valence electrons. The zero-order chi connectivity index (χ0) is 14.7. The molecule has 1 atom stereocenters. The highest BCUT2D eigenvalue weighted by Crippen LogP contribution is 2.34. The van der Waals surface area contributed by atoms with Crippen molar-refractivity contribution in [2.24, 2.45) is 0 Å². The fraction of sp³-hybridized carbons (Fsp3) is 0.278. The van der Waals surface area contributed by atoms with Crippen molar-refractivity contribution in [3.63, 3.8) is 0 Å². The van der Waals surface area contributed by atoms with Gasteiger partial charge in [-0.15, -0.1) is 0 Å². The molecule has 0 fully saturated rings. The molecule has 0 aliphatic carbocycles. The average molecular weight is 280 g/mol. The molecule has 0 spiro atoms. The monoisotopic (exact) mass is 280 g/mol. The highest BCUT2D eigenvalue weighted by molar-refractivity contribution is 5.99. The molecule has 1 aliphatic rings. The Morgan fingerprint density at radius 1 is 1.05 bits per heavy atom. The molecule has 1 amide bonds. The smallest absolute Gasteiger partial charge is 0.256 e. The molecule has 1 N–H and O–H groups in total. The number of amides is 1. The van der Waals surface area contributed by atoms with Gasteiger partial charge in [0, 0.05) is 23.4 Å². The van der Waals surface area contributed by atoms with Crippen molar-refractivity contribution < 1.29 is 4.79 Å². The molecule has 0 aromatic heterocycles. The Labute approximate surface area is 125 Å². The maximum Gasteiger partial charge on any atom is 0.256 e. The quantitative estimate of drug-likeness (QED) is 0.896. The summed E-state index contributed by atoms with van der Waals surface area (Å²) >= 11 is 0. The van der Waals surface area contributed by atoms with E-state index in [4.69, 9.17) is 0 Å². The van der Waals surface area contributed by atoms with E-state index in [2.05, 4.69) is 12.2 Å². The molecule has 0 saturated carbocycles. The second kappa shape index (κ2) is 6.00. The Morgan fingerprint density at radius 2 is 1.76 bits per heavy atom. The van der Waals surface area contributed by atoms with Crippen LogP contribution in [0.4, 0.5) is 5.69 Å². The van der Waals surface area contributed by atoms with Gasteiger partial charge in [-0.2, -0.15) is 0 Å². The molecule has 1 unspecified atom stereocenters. The van der Waals surface area contributed by atoms with Crippen LogP contribution in [-0.2, 0) is 0 Å². The zero-order valence-electron chi connectivity index (χ0n) is 12.3. The van der Waals surface area contributed by atoms with Gasteiger partial charge in [0.05, 0.1) is 0 Å². The highest BCUT2D eigenvalue weighted by Gasteiger charge is 2.35. The Kier molecular flexibility index (Phi) is 3.91. The van der Waals surface area contributed by atoms with Crippen molar-refractivity contribution in [3.05, 3.63) is 65.7 Å². The maximum absolute atomic E-state index is 12.6. The second-order valence-electron chi connectivity index (χ2n) is 5.35. The van der Waals surface area contributed by atoms with Crippen LogP contribution in [-0.4, -0.2) is 17.4 Å². The molecule has 21 heavy (non-hydrogen) atoms. The van der Waals surface area contributed by atoms with E-state index in [0.29, 0.717) is 0 Å². The fourth-order valence-electron chi connectivity index (χ4n) is 2.78. The Balaban J connectivity index is 1.91. The summed E-state index contributed by atoms with van der Waals surface area (Å²) in [6.07, 6.45) is 2.04. The topological polar surface area (TPSA) is 32.3 Å². The number of carbonyl (C=O) groups excluding carboxylic acids is 1. The van der Waals surface area contributed by atoms with Crippen molar-refractivity contribution in [2.45, 2.75) is 25.9 Å². The molecular formula is C18H20N2O. The molecule has 3 nitrogen and oxygen atoms in total. The number of hydrogen-bond acceptors (Lipinski definition) is 2. The van der Waals surface area contributed by atoms with Gasteiger partial charge in [-0.1, -0.05) is 49.7 Å². The summed E-state index contributed by atoms with van der Waals surface area (Å²) in [6, 6.07) is 17.9. The van der Waals surface area contributed by atoms with E-state index >= 15 is 0 Å². The van der Waals surface area contributed by atoms with Gasteiger partial charge >= 0.3 is 0 Å². The Morgan fingerprint density at radius 3 is 2.52 bits per heavy atom. The van der Waals surface area contributed by atoms with Crippen molar-refractivity contribution in [1.82, 2.24) is 4.90 Å². The second-order valence-corrected chi connectivity index (χ2v) is 5.35. The van der Waals surface area contributed by atoms with Crippen LogP contribution in [0.2, 0.25) is 0 Å². The largest absolute Gasteiger partial charge is 0.361 e. The van der Waals surface area contributed by atoms with E-state index in [-0.39, 0.29) is 12.1 Å². The normalized spacial score (nSPS) is 16.9. The van der Waals surface area contributed by atoms with Gasteiger partial charge in [-0.3, -0.25) is 4.79 Å². The SMILES string of the molecule is CCCCN1C(=O)c2ccccc2C1Nc1ccccc1. The van der Waals surface area contributed by atoms with E-state index < -0.39 is 0 Å². The molecule has 0 radical (unpaired) electrons. The summed E-state index contributed by atoms with van der Waals surface area (Å²) in [4.78, 5) is 14.5. The van der Waals surface area contributed by atoms with Crippen LogP contribution in [0.25, 0.3) is 0 Å². The summed E-state index contributed by atoms with van der Waals surface area (Å²) < 4.78 is 0. The highest BCUT2D eigenvalue weighted by atomic mass is 16.2. The van der Waals surface area contributed by atoms with Crippen molar-refractivity contribution in [3.8, 4) is 0 Å². The van der Waals surface area contributed by atoms with Gasteiger partial charge in [0.2, 0.25) is 0 Å². The minimum atomic E-state index is -0.0670. The van der Waals surface area contributed by atoms with Gasteiger partial charge in [-0.05, 0) is 24.6 Å². The number of carbonyl (C=O) groups is 1. The van der Waals surface area contributed by atoms with Gasteiger partial charge in [-0.25, -0.2) is 0 Å². The lowest BCUT2D eigenvalue weighted by Gasteiger charge is -2.27. The molecule has 2 aromatic rings. The predicted octanol–water partition coefficient (Wildman–Crippen LogP) is 4.05. The van der Waals surface area contributed by atoms with Crippen LogP contribution in [0.1, 0.15) is 41.9 Å². The van der Waals surface area contributed by atoms with Crippen molar-refractivity contribution >= 4 is 11.6 Å². The first-order valence-corrected chi connectivity index (χ1v) is 7.52. The number of anilines is 1. The van der Waals surface area contributed by atoms with Crippen molar-refractivity contribution in [2.75, 3.05) is 11.9 Å². The maximum atomic E-state index is 12.6. The number of benzene rings is 2. The Bertz CT molecular complexity index is 624. The number of unbranched alkanes of at least 4 members (excludes halogenated alkanes) is 1. The molecule has 0 bridgehead atoms. The van der Waals surface area contributed by atoms with Crippen LogP contribution >= 0.6 is 0 Å². The average Bonchev–Trinajstić information content (AvgIpc) is 2.79. The molecular weight excluding hydrogens is 260 g/mol. The summed E-state index contributed by atoms with van der Waals surface area (Å²) in [7, 11) is 0. The van der Waals surface area contributed by atoms with Gasteiger partial charge < -0.3 is 10.2 Å². The summed E-state index contributed by atoms with van der Waals surface area (Å²) in [5.41, 5.74) is 2.93. The third-order valence-electron chi connectivity index (χ3n) is 3.89. The Hall–Kier alpha value is -2.29. The minimum absolute atomic E-state index is 0.0670. The standard InChI is InChI=1S/C18H20N2O/c1-2-3-13-20-17(19-14-9-5-4-6-10-14)15-11-7-8-12-16(15)18(20)21/h4-12,17,19H,2-3,13H2,1H3. The van der Waals surface area contributed by atoms with Gasteiger partial charge in [0.1, 0.15) is 6.17 Å². The van der Waals surface area contributed by atoms with Gasteiger partial charge in [0.25, 0.3) is 5.91 Å². The number of nitrogens with one attached hydrogen (secondary N) is 1. The van der Waals surface area contributed by atoms with E-state index in [1.165, 1.54) is 0 Å². The van der Waals surface area contributed by atoms with Gasteiger partial charge in [0.15, 0.2) is 0 Å². The van der Waals surface area contributed by atoms with Crippen LogP contribution in [0.5, 0.6) is 0 Å². The van der Waals surface area contributed by atoms with E-state index in [1.54, 1.807) is 0 Å². The fourth-order valence-corrected chi connectivity index (χ4v) is 2.78. The first-order chi connectivity index (χ1) is 10.3. The third-order valence-corrected chi connectivity index (χ3v) is 3.89. The summed E-state index contributed by atoms with van der Waals surface area (Å²) in [6.45, 7) is 2.93. The van der Waals surface area contributed by atoms with Crippen LogP contribution in [0.3, 0.4) is 0 Å². The van der Waals surface area contributed by atoms with Crippen LogP contribution in [0.15, 0.2) is 54.6 Å². The number of hydrogen-bond donors (Lipinski definition) is 1. The lowest BCUT2D eigenvalue weighted by atomic mass is 10.1. The number of para-hydroxylation sites is 1. The van der Waals surface area contributed by atoms with Crippen molar-refractivity contribution in [1.29, 1.82) is 0 Å². The minimum Gasteiger partial charge on any atom is -0.361 e. The zero-order valence-corrected chi connectivity index (χ0v) is 12.3. The first-order valence-electron chi connectivity index (χ1n) is 7.52. The number of fused-ring (bicyclic) bond motifs is 1. The number of nitrogens with zero attached hydrogens (tertiary/aromatic N) is 1. The van der Waals surface area contributed by atoms with Crippen LogP contribution in [0, 0.1) is 0 Å². The summed E-state index contributed by atoms with van der Waals surface area (Å²) in [5.74, 6) is 0.132. The lowest BCUT2D eigenvalue weighted by Crippen LogP contribution is -2.33. The molecule has 2 aromatic carbocycles. The molecule has 3 rings (SSSR count). The van der Waals surface area contributed by atoms with Crippen LogP contribution < -0.4 is 5.32 Å². The lowest BCUT2D eigenvalue weighted by molar-refractivity contribution is 0.0740. The van der Waals surface area contributed by atoms with E-state index in [0.717, 1.165) is 36.2 Å².